The van der Waals surface area contributed by atoms with Crippen LogP contribution in [0.5, 0.6) is 11.5 Å². The Bertz CT molecular complexity index is 1520. The van der Waals surface area contributed by atoms with Crippen LogP contribution in [0.15, 0.2) is 85.2 Å². The first-order valence-electron chi connectivity index (χ1n) is 10.4. The van der Waals surface area contributed by atoms with Crippen molar-refractivity contribution in [3.8, 4) is 11.5 Å². The van der Waals surface area contributed by atoms with E-state index in [1.165, 1.54) is 14.2 Å². The molecule has 0 amide bonds. The highest BCUT2D eigenvalue weighted by molar-refractivity contribution is 6.20. The molecule has 5 aromatic rings. The maximum absolute atomic E-state index is 13.6. The van der Waals surface area contributed by atoms with Gasteiger partial charge in [-0.1, -0.05) is 48.5 Å². The SMILES string of the molecule is COc1ccc(C(=O)c2cc(C(=O)c3ccccc3)c3c4ccccc4ncn23)cc1OC. The van der Waals surface area contributed by atoms with E-state index in [2.05, 4.69) is 4.98 Å². The quantitative estimate of drug-likeness (QED) is 0.352. The third-order valence-electron chi connectivity index (χ3n) is 5.67. The summed E-state index contributed by atoms with van der Waals surface area (Å²) in [5.41, 5.74) is 3.15. The molecule has 0 saturated carbocycles. The normalized spacial score (nSPS) is 11.0. The fraction of sp³-hybridized carbons (Fsp3) is 0.0741. The number of ketones is 2. The number of carbonyl (C=O) groups excluding carboxylic acids is 2. The van der Waals surface area contributed by atoms with Crippen LogP contribution in [-0.2, 0) is 0 Å². The molecule has 0 fully saturated rings. The molecule has 6 nitrogen and oxygen atoms in total. The molecular formula is C27H20N2O4. The molecule has 3 aromatic carbocycles. The largest absolute Gasteiger partial charge is 0.493 e. The molecule has 0 saturated heterocycles. The molecule has 0 aliphatic heterocycles. The van der Waals surface area contributed by atoms with Crippen molar-refractivity contribution in [3.63, 3.8) is 0 Å². The van der Waals surface area contributed by atoms with E-state index in [0.717, 1.165) is 10.9 Å². The molecule has 0 spiro atoms. The number of para-hydroxylation sites is 1. The van der Waals surface area contributed by atoms with Crippen molar-refractivity contribution in [1.82, 2.24) is 9.38 Å². The molecule has 0 radical (unpaired) electrons. The summed E-state index contributed by atoms with van der Waals surface area (Å²) in [5.74, 6) is 0.570. The number of hydrogen-bond acceptors (Lipinski definition) is 5. The minimum atomic E-state index is -0.254. The van der Waals surface area contributed by atoms with Crippen LogP contribution in [0, 0.1) is 0 Å². The van der Waals surface area contributed by atoms with Gasteiger partial charge in [0.1, 0.15) is 6.33 Å². The third kappa shape index (κ3) is 3.42. The molecule has 2 aromatic heterocycles. The maximum Gasteiger partial charge on any atom is 0.209 e. The molecule has 0 atom stereocenters. The monoisotopic (exact) mass is 436 g/mol. The minimum Gasteiger partial charge on any atom is -0.493 e. The first-order valence-corrected chi connectivity index (χ1v) is 10.4. The lowest BCUT2D eigenvalue weighted by Gasteiger charge is -2.09. The van der Waals surface area contributed by atoms with E-state index in [1.807, 2.05) is 42.5 Å². The summed E-state index contributed by atoms with van der Waals surface area (Å²) in [6, 6.07) is 23.3. The summed E-state index contributed by atoms with van der Waals surface area (Å²) in [6.45, 7) is 0. The van der Waals surface area contributed by atoms with E-state index >= 15 is 0 Å². The number of nitrogens with zero attached hydrogens (tertiary/aromatic N) is 2. The Labute approximate surface area is 190 Å². The second kappa shape index (κ2) is 8.24. The van der Waals surface area contributed by atoms with Gasteiger partial charge in [-0.2, -0.15) is 0 Å². The van der Waals surface area contributed by atoms with Gasteiger partial charge in [0.15, 0.2) is 17.3 Å². The van der Waals surface area contributed by atoms with Crippen LogP contribution in [0.4, 0.5) is 0 Å². The molecule has 0 aliphatic rings. The second-order valence-electron chi connectivity index (χ2n) is 7.52. The van der Waals surface area contributed by atoms with Crippen molar-refractivity contribution in [2.24, 2.45) is 0 Å². The number of hydrogen-bond donors (Lipinski definition) is 0. The molecule has 162 valence electrons. The second-order valence-corrected chi connectivity index (χ2v) is 7.52. The average Bonchev–Trinajstić information content (AvgIpc) is 3.28. The number of benzene rings is 3. The zero-order chi connectivity index (χ0) is 22.9. The summed E-state index contributed by atoms with van der Waals surface area (Å²) in [7, 11) is 3.06. The van der Waals surface area contributed by atoms with Crippen LogP contribution >= 0.6 is 0 Å². The number of aromatic nitrogens is 2. The van der Waals surface area contributed by atoms with Crippen LogP contribution in [0.3, 0.4) is 0 Å². The number of carbonyl (C=O) groups is 2. The van der Waals surface area contributed by atoms with Crippen molar-refractivity contribution in [1.29, 1.82) is 0 Å². The lowest BCUT2D eigenvalue weighted by Crippen LogP contribution is -2.06. The molecule has 33 heavy (non-hydrogen) atoms. The lowest BCUT2D eigenvalue weighted by atomic mass is 10.0. The molecule has 5 rings (SSSR count). The van der Waals surface area contributed by atoms with E-state index < -0.39 is 0 Å². The Morgan fingerprint density at radius 3 is 2.24 bits per heavy atom. The van der Waals surface area contributed by atoms with Gasteiger partial charge in [-0.05, 0) is 30.3 Å². The fourth-order valence-corrected chi connectivity index (χ4v) is 4.04. The Morgan fingerprint density at radius 1 is 0.758 bits per heavy atom. The molecular weight excluding hydrogens is 416 g/mol. The van der Waals surface area contributed by atoms with Gasteiger partial charge in [-0.25, -0.2) is 4.98 Å². The molecule has 2 heterocycles. The summed E-state index contributed by atoms with van der Waals surface area (Å²) in [6.07, 6.45) is 1.59. The highest BCUT2D eigenvalue weighted by atomic mass is 16.5. The smallest absolute Gasteiger partial charge is 0.209 e. The van der Waals surface area contributed by atoms with Gasteiger partial charge in [0.05, 0.1) is 30.9 Å². The summed E-state index contributed by atoms with van der Waals surface area (Å²) in [5, 5.41) is 0.797. The molecule has 0 unspecified atom stereocenters. The van der Waals surface area contributed by atoms with E-state index in [9.17, 15) is 9.59 Å². The predicted molar refractivity (Wildman–Crippen MR) is 126 cm³/mol. The molecule has 6 heteroatoms. The lowest BCUT2D eigenvalue weighted by molar-refractivity contribution is 0.103. The van der Waals surface area contributed by atoms with Crippen LogP contribution < -0.4 is 9.47 Å². The Kier molecular flexibility index (Phi) is 5.11. The first-order chi connectivity index (χ1) is 16.1. The van der Waals surface area contributed by atoms with Gasteiger partial charge in [-0.3, -0.25) is 14.0 Å². The Hall–Kier alpha value is -4.45. The highest BCUT2D eigenvalue weighted by Gasteiger charge is 2.24. The van der Waals surface area contributed by atoms with Crippen LogP contribution in [0.25, 0.3) is 16.4 Å². The Balaban J connectivity index is 1.75. The van der Waals surface area contributed by atoms with Crippen LogP contribution in [0.1, 0.15) is 32.0 Å². The van der Waals surface area contributed by atoms with Crippen molar-refractivity contribution in [3.05, 3.63) is 108 Å². The standard InChI is InChI=1S/C27H20N2O4/c1-32-23-13-12-18(14-24(23)33-2)27(31)22-15-20(26(30)17-8-4-3-5-9-17)25-19-10-6-7-11-21(19)28-16-29(22)25/h3-16H,1-2H3. The molecule has 0 aliphatic carbocycles. The minimum absolute atomic E-state index is 0.157. The van der Waals surface area contributed by atoms with Gasteiger partial charge in [-0.15, -0.1) is 0 Å². The van der Waals surface area contributed by atoms with E-state index in [-0.39, 0.29) is 11.6 Å². The number of ether oxygens (including phenoxy) is 2. The first kappa shape index (κ1) is 20.5. The number of methoxy groups -OCH3 is 2. The van der Waals surface area contributed by atoms with Crippen LogP contribution in [-0.4, -0.2) is 35.2 Å². The van der Waals surface area contributed by atoms with Crippen molar-refractivity contribution in [2.75, 3.05) is 14.2 Å². The average molecular weight is 436 g/mol. The van der Waals surface area contributed by atoms with Gasteiger partial charge >= 0.3 is 0 Å². The Morgan fingerprint density at radius 2 is 1.48 bits per heavy atom. The van der Waals surface area contributed by atoms with Crippen molar-refractivity contribution >= 4 is 28.0 Å². The maximum atomic E-state index is 13.6. The van der Waals surface area contributed by atoms with Gasteiger partial charge in [0.2, 0.25) is 5.78 Å². The van der Waals surface area contributed by atoms with Gasteiger partial charge in [0, 0.05) is 22.1 Å². The van der Waals surface area contributed by atoms with E-state index in [4.69, 9.17) is 9.47 Å². The molecule has 0 bridgehead atoms. The van der Waals surface area contributed by atoms with Gasteiger partial charge < -0.3 is 9.47 Å². The summed E-state index contributed by atoms with van der Waals surface area (Å²) >= 11 is 0. The zero-order valence-electron chi connectivity index (χ0n) is 18.1. The van der Waals surface area contributed by atoms with Crippen molar-refractivity contribution in [2.45, 2.75) is 0 Å². The fourth-order valence-electron chi connectivity index (χ4n) is 4.04. The predicted octanol–water partition coefficient (Wildman–Crippen LogP) is 4.97. The zero-order valence-corrected chi connectivity index (χ0v) is 18.1. The van der Waals surface area contributed by atoms with E-state index in [1.54, 1.807) is 47.1 Å². The summed E-state index contributed by atoms with van der Waals surface area (Å²) < 4.78 is 12.3. The third-order valence-corrected chi connectivity index (χ3v) is 5.67. The highest BCUT2D eigenvalue weighted by Crippen LogP contribution is 2.31. The van der Waals surface area contributed by atoms with Crippen molar-refractivity contribution < 1.29 is 19.1 Å². The summed E-state index contributed by atoms with van der Waals surface area (Å²) in [4.78, 5) is 31.6. The topological polar surface area (TPSA) is 69.9 Å². The molecule has 0 N–H and O–H groups in total. The van der Waals surface area contributed by atoms with E-state index in [0.29, 0.717) is 39.4 Å². The number of rotatable bonds is 6. The van der Waals surface area contributed by atoms with Gasteiger partial charge in [0.25, 0.3) is 0 Å². The number of fused-ring (bicyclic) bond motifs is 3. The van der Waals surface area contributed by atoms with Crippen LogP contribution in [0.2, 0.25) is 0 Å².